The second-order valence-electron chi connectivity index (χ2n) is 9.38. The highest BCUT2D eigenvalue weighted by atomic mass is 16.5. The maximum Gasteiger partial charge on any atom is 0.320 e. The molecular weight excluding hydrogens is 416 g/mol. The summed E-state index contributed by atoms with van der Waals surface area (Å²) in [6.07, 6.45) is 7.18. The van der Waals surface area contributed by atoms with Gasteiger partial charge in [0.05, 0.1) is 13.2 Å². The van der Waals surface area contributed by atoms with Crippen molar-refractivity contribution in [2.24, 2.45) is 5.92 Å². The fourth-order valence-corrected chi connectivity index (χ4v) is 4.89. The lowest BCUT2D eigenvalue weighted by Gasteiger charge is -2.27. The first kappa shape index (κ1) is 23.2. The van der Waals surface area contributed by atoms with Gasteiger partial charge in [-0.05, 0) is 62.1 Å². The van der Waals surface area contributed by atoms with Gasteiger partial charge in [0.25, 0.3) is 0 Å². The average molecular weight is 451 g/mol. The van der Waals surface area contributed by atoms with Gasteiger partial charge in [0.1, 0.15) is 5.78 Å². The van der Waals surface area contributed by atoms with Gasteiger partial charge in [0.15, 0.2) is 0 Å². The minimum atomic E-state index is -0.303. The van der Waals surface area contributed by atoms with Crippen molar-refractivity contribution >= 4 is 11.8 Å². The summed E-state index contributed by atoms with van der Waals surface area (Å²) in [6, 6.07) is 7.73. The van der Waals surface area contributed by atoms with Gasteiger partial charge < -0.3 is 14.5 Å². The van der Waals surface area contributed by atoms with Crippen LogP contribution in [0.5, 0.6) is 5.88 Å². The van der Waals surface area contributed by atoms with Crippen LogP contribution in [0.2, 0.25) is 0 Å². The van der Waals surface area contributed by atoms with Crippen LogP contribution < -0.4 is 4.74 Å². The monoisotopic (exact) mass is 450 g/mol. The Balaban J connectivity index is 1.36. The number of urea groups is 1. The van der Waals surface area contributed by atoms with Gasteiger partial charge in [0.2, 0.25) is 5.88 Å². The van der Waals surface area contributed by atoms with E-state index >= 15 is 0 Å². The van der Waals surface area contributed by atoms with Crippen LogP contribution in [0.25, 0.3) is 0 Å². The number of aryl methyl sites for hydroxylation is 2. The van der Waals surface area contributed by atoms with Crippen LogP contribution in [-0.4, -0.2) is 58.3 Å². The zero-order chi connectivity index (χ0) is 23.4. The number of ketones is 1. The van der Waals surface area contributed by atoms with Crippen LogP contribution in [0.4, 0.5) is 4.79 Å². The molecule has 1 saturated heterocycles. The molecule has 33 heavy (non-hydrogen) atoms. The summed E-state index contributed by atoms with van der Waals surface area (Å²) in [5.74, 6) is 1.27. The summed E-state index contributed by atoms with van der Waals surface area (Å²) in [4.78, 5) is 38.0. The molecule has 7 heteroatoms. The molecule has 2 atom stereocenters. The molecule has 0 aromatic carbocycles. The number of methoxy groups -OCH3 is 1. The Morgan fingerprint density at radius 1 is 1.24 bits per heavy atom. The van der Waals surface area contributed by atoms with Crippen molar-refractivity contribution in [2.75, 3.05) is 26.7 Å². The lowest BCUT2D eigenvalue weighted by Crippen LogP contribution is -2.36. The molecule has 2 aromatic heterocycles. The van der Waals surface area contributed by atoms with Crippen LogP contribution in [-0.2, 0) is 24.1 Å². The third-order valence-corrected chi connectivity index (χ3v) is 6.77. The summed E-state index contributed by atoms with van der Waals surface area (Å²) in [6.45, 7) is 5.83. The number of fused-ring (bicyclic) bond motifs is 1. The Labute approximate surface area is 196 Å². The molecule has 3 heterocycles. The van der Waals surface area contributed by atoms with E-state index in [2.05, 4.69) is 24.0 Å². The summed E-state index contributed by atoms with van der Waals surface area (Å²) in [7, 11) is 1.57. The molecule has 1 aliphatic heterocycles. The van der Waals surface area contributed by atoms with Gasteiger partial charge in [0, 0.05) is 49.7 Å². The topological polar surface area (TPSA) is 75.6 Å². The van der Waals surface area contributed by atoms with Crippen LogP contribution >= 0.6 is 0 Å². The minimum Gasteiger partial charge on any atom is -0.481 e. The first-order valence-electron chi connectivity index (χ1n) is 12.0. The molecule has 7 nitrogen and oxygen atoms in total. The Morgan fingerprint density at radius 3 is 2.82 bits per heavy atom. The van der Waals surface area contributed by atoms with Gasteiger partial charge in [-0.15, -0.1) is 0 Å². The number of carbonyl (C=O) groups is 2. The number of nitrogens with zero attached hydrogens (tertiary/aromatic N) is 4. The average Bonchev–Trinajstić information content (AvgIpc) is 3.17. The number of carbonyl (C=O) groups excluding carboxylic acids is 2. The molecule has 4 rings (SSSR count). The second-order valence-corrected chi connectivity index (χ2v) is 9.38. The van der Waals surface area contributed by atoms with E-state index in [1.54, 1.807) is 26.3 Å². The Hall–Kier alpha value is -2.96. The highest BCUT2D eigenvalue weighted by molar-refractivity contribution is 5.80. The van der Waals surface area contributed by atoms with Crippen molar-refractivity contribution in [3.05, 3.63) is 53.0 Å². The zero-order valence-electron chi connectivity index (χ0n) is 19.9. The molecule has 0 bridgehead atoms. The SMILES string of the molecule is COc1ccc([C@H](CC(C)=O)N2CCN(CCCc3ccc4c(n3)CC(C)CC4)C2=O)cn1. The summed E-state index contributed by atoms with van der Waals surface area (Å²) in [5, 5.41) is 0. The van der Waals surface area contributed by atoms with E-state index in [1.165, 1.54) is 17.7 Å². The largest absolute Gasteiger partial charge is 0.481 e. The van der Waals surface area contributed by atoms with E-state index in [9.17, 15) is 9.59 Å². The predicted octanol–water partition coefficient (Wildman–Crippen LogP) is 4.00. The van der Waals surface area contributed by atoms with Crippen LogP contribution in [0.3, 0.4) is 0 Å². The van der Waals surface area contributed by atoms with Crippen molar-refractivity contribution in [1.29, 1.82) is 0 Å². The van der Waals surface area contributed by atoms with Crippen molar-refractivity contribution < 1.29 is 14.3 Å². The molecule has 0 N–H and O–H groups in total. The molecule has 1 unspecified atom stereocenters. The number of pyridine rings is 2. The van der Waals surface area contributed by atoms with Gasteiger partial charge in [-0.3, -0.25) is 9.78 Å². The molecule has 2 aromatic rings. The van der Waals surface area contributed by atoms with Gasteiger partial charge in [-0.2, -0.15) is 0 Å². The first-order chi connectivity index (χ1) is 15.9. The van der Waals surface area contributed by atoms with E-state index in [1.807, 2.05) is 15.9 Å². The molecule has 0 saturated carbocycles. The summed E-state index contributed by atoms with van der Waals surface area (Å²) < 4.78 is 5.14. The second kappa shape index (κ2) is 10.3. The third-order valence-electron chi connectivity index (χ3n) is 6.77. The van der Waals surface area contributed by atoms with Crippen molar-refractivity contribution in [3.8, 4) is 5.88 Å². The van der Waals surface area contributed by atoms with Crippen molar-refractivity contribution in [3.63, 3.8) is 0 Å². The number of Topliss-reactive ketones (excluding diaryl/α,β-unsaturated/α-hetero) is 1. The lowest BCUT2D eigenvalue weighted by atomic mass is 9.88. The predicted molar refractivity (Wildman–Crippen MR) is 126 cm³/mol. The standard InChI is InChI=1S/C26H34N4O3/c1-18-6-7-20-8-10-22(28-23(20)15-18)5-4-12-29-13-14-30(26(29)32)24(16-19(2)31)21-9-11-25(33-3)27-17-21/h8-11,17-18,24H,4-7,12-16H2,1-3H3/t18?,24-/m0/s1. The van der Waals surface area contributed by atoms with Gasteiger partial charge in [-0.1, -0.05) is 19.1 Å². The molecule has 0 radical (unpaired) electrons. The summed E-state index contributed by atoms with van der Waals surface area (Å²) in [5.41, 5.74) is 4.63. The molecule has 2 amide bonds. The highest BCUT2D eigenvalue weighted by Gasteiger charge is 2.35. The molecule has 176 valence electrons. The fraction of sp³-hybridized carbons (Fsp3) is 0.538. The zero-order valence-corrected chi connectivity index (χ0v) is 19.9. The highest BCUT2D eigenvalue weighted by Crippen LogP contribution is 2.29. The van der Waals surface area contributed by atoms with E-state index in [0.717, 1.165) is 36.9 Å². The number of rotatable bonds is 9. The molecule has 1 fully saturated rings. The normalized spacial score (nSPS) is 18.9. The number of hydrogen-bond acceptors (Lipinski definition) is 5. The Bertz CT molecular complexity index is 992. The Kier molecular flexibility index (Phi) is 7.26. The quantitative estimate of drug-likeness (QED) is 0.577. The van der Waals surface area contributed by atoms with Crippen LogP contribution in [0.1, 0.15) is 61.7 Å². The third kappa shape index (κ3) is 5.52. The number of aromatic nitrogens is 2. The van der Waals surface area contributed by atoms with E-state index in [0.29, 0.717) is 31.4 Å². The first-order valence-corrected chi connectivity index (χ1v) is 12.0. The summed E-state index contributed by atoms with van der Waals surface area (Å²) >= 11 is 0. The molecule has 1 aliphatic carbocycles. The van der Waals surface area contributed by atoms with E-state index < -0.39 is 0 Å². The number of hydrogen-bond donors (Lipinski definition) is 0. The fourth-order valence-electron chi connectivity index (χ4n) is 4.89. The van der Waals surface area contributed by atoms with Gasteiger partial charge in [-0.25, -0.2) is 9.78 Å². The molecule has 2 aliphatic rings. The van der Waals surface area contributed by atoms with Crippen molar-refractivity contribution in [1.82, 2.24) is 19.8 Å². The van der Waals surface area contributed by atoms with Gasteiger partial charge >= 0.3 is 6.03 Å². The number of ether oxygens (including phenoxy) is 1. The van der Waals surface area contributed by atoms with E-state index in [4.69, 9.17) is 9.72 Å². The van der Waals surface area contributed by atoms with E-state index in [-0.39, 0.29) is 24.3 Å². The maximum absolute atomic E-state index is 13.2. The molecule has 0 spiro atoms. The number of amides is 2. The minimum absolute atomic E-state index is 0.00991. The van der Waals surface area contributed by atoms with Crippen LogP contribution in [0.15, 0.2) is 30.5 Å². The Morgan fingerprint density at radius 2 is 2.09 bits per heavy atom. The lowest BCUT2D eigenvalue weighted by molar-refractivity contribution is -0.118. The van der Waals surface area contributed by atoms with Crippen molar-refractivity contribution in [2.45, 2.75) is 58.4 Å². The smallest absolute Gasteiger partial charge is 0.320 e. The molecular formula is C26H34N4O3. The maximum atomic E-state index is 13.2. The van der Waals surface area contributed by atoms with Crippen LogP contribution in [0, 0.1) is 5.92 Å².